The summed E-state index contributed by atoms with van der Waals surface area (Å²) in [5.41, 5.74) is -0.883. The van der Waals surface area contributed by atoms with Crippen molar-refractivity contribution in [3.63, 3.8) is 0 Å². The van der Waals surface area contributed by atoms with E-state index < -0.39 is 41.4 Å². The molecule has 4 N–H and O–H groups in total. The van der Waals surface area contributed by atoms with E-state index in [1.165, 1.54) is 6.20 Å². The third-order valence-electron chi connectivity index (χ3n) is 7.14. The van der Waals surface area contributed by atoms with Gasteiger partial charge in [0.1, 0.15) is 35.3 Å². The molecule has 0 saturated heterocycles. The molecule has 14 heteroatoms. The monoisotopic (exact) mass is 658 g/mol. The molecule has 0 fully saturated rings. The first-order valence-electron chi connectivity index (χ1n) is 16.2. The first-order valence-corrected chi connectivity index (χ1v) is 16.2. The van der Waals surface area contributed by atoms with Gasteiger partial charge in [-0.1, -0.05) is 24.9 Å². The quantitative estimate of drug-likeness (QED) is 0.256. The van der Waals surface area contributed by atoms with Crippen LogP contribution in [0.1, 0.15) is 80.2 Å². The van der Waals surface area contributed by atoms with E-state index in [9.17, 15) is 19.2 Å². The molecule has 4 amide bonds. The van der Waals surface area contributed by atoms with Crippen molar-refractivity contribution in [2.45, 2.75) is 116 Å². The van der Waals surface area contributed by atoms with Gasteiger partial charge < -0.3 is 30.2 Å². The summed E-state index contributed by atoms with van der Waals surface area (Å²) in [5, 5.41) is 11.1. The van der Waals surface area contributed by atoms with Crippen molar-refractivity contribution in [3.8, 4) is 0 Å². The second kappa shape index (κ2) is 16.7. The Bertz CT molecular complexity index is 1300. The number of pyridine rings is 1. The van der Waals surface area contributed by atoms with Crippen molar-refractivity contribution in [2.24, 2.45) is 10.9 Å². The summed E-state index contributed by atoms with van der Waals surface area (Å²) in [6.07, 6.45) is 6.64. The normalized spacial score (nSPS) is 21.5. The molecule has 1 aromatic rings. The molecule has 4 atom stereocenters. The molecule has 2 aliphatic heterocycles. The summed E-state index contributed by atoms with van der Waals surface area (Å²) >= 11 is 0. The van der Waals surface area contributed by atoms with Crippen LogP contribution in [0.15, 0.2) is 23.3 Å². The van der Waals surface area contributed by atoms with Gasteiger partial charge in [-0.15, -0.1) is 0 Å². The third-order valence-corrected chi connectivity index (χ3v) is 7.14. The van der Waals surface area contributed by atoms with Crippen LogP contribution in [0.4, 0.5) is 15.4 Å². The number of urea groups is 1. The number of hydrogen-bond donors (Lipinski definition) is 4. The fourth-order valence-corrected chi connectivity index (χ4v) is 4.78. The molecule has 1 unspecified atom stereocenters. The van der Waals surface area contributed by atoms with E-state index in [-0.39, 0.29) is 42.6 Å². The average Bonchev–Trinajstić information content (AvgIpc) is 3.39. The van der Waals surface area contributed by atoms with E-state index in [4.69, 9.17) is 14.2 Å². The summed E-state index contributed by atoms with van der Waals surface area (Å²) in [4.78, 5) is 61.2. The molecular formula is C33H52N7O7+. The number of esters is 1. The highest BCUT2D eigenvalue weighted by Gasteiger charge is 2.33. The number of hydrogen-bond acceptors (Lipinski definition) is 9. The smallest absolute Gasteiger partial charge is 0.413 e. The van der Waals surface area contributed by atoms with Gasteiger partial charge in [-0.05, 0) is 71.9 Å². The molecule has 2 bridgehead atoms. The van der Waals surface area contributed by atoms with E-state index in [1.807, 2.05) is 24.6 Å². The van der Waals surface area contributed by atoms with Crippen molar-refractivity contribution in [3.05, 3.63) is 23.9 Å². The van der Waals surface area contributed by atoms with E-state index in [0.29, 0.717) is 18.8 Å². The first kappa shape index (κ1) is 37.4. The minimum absolute atomic E-state index is 0.0430. The number of amides is 4. The number of aromatic nitrogens is 1. The van der Waals surface area contributed by atoms with Crippen LogP contribution >= 0.6 is 0 Å². The molecule has 2 aliphatic rings. The minimum Gasteiger partial charge on any atom is -0.458 e. The van der Waals surface area contributed by atoms with Crippen LogP contribution in [0.3, 0.4) is 0 Å². The van der Waals surface area contributed by atoms with Crippen molar-refractivity contribution < 1.29 is 38.0 Å². The predicted octanol–water partition coefficient (Wildman–Crippen LogP) is 3.18. The van der Waals surface area contributed by atoms with Crippen LogP contribution in [-0.4, -0.2) is 101 Å². The molecule has 0 aromatic carbocycles. The molecule has 260 valence electrons. The van der Waals surface area contributed by atoms with Crippen LogP contribution in [-0.2, 0) is 30.2 Å². The van der Waals surface area contributed by atoms with Gasteiger partial charge in [0.2, 0.25) is 5.91 Å². The predicted molar refractivity (Wildman–Crippen MR) is 178 cm³/mol. The van der Waals surface area contributed by atoms with Gasteiger partial charge in [0.25, 0.3) is 6.34 Å². The average molecular weight is 659 g/mol. The lowest BCUT2D eigenvalue weighted by atomic mass is 10.0. The standard InChI is InChI=1S/C33H51N7O7/c1-21(2)26-19-45-14-10-9-13-40-18-23(35-20-40)16-24(28(41)36-26)37-30(43)38-25(29(42)46-32(3,4)5)15-22-11-12-27(34-17-22)39-31(44)47-33(6,7)8/h11-12,17-18,20-21,23-26H,9-10,13-16,19H2,1-8H3,(H3-,34,36,37,38,39,41,43,44)/p+1/t23-,24+,25?,26+/m0/s1. The zero-order chi connectivity index (χ0) is 34.8. The summed E-state index contributed by atoms with van der Waals surface area (Å²) in [6.45, 7) is 16.2. The van der Waals surface area contributed by atoms with Gasteiger partial charge in [0.15, 0.2) is 6.04 Å². The molecular weight excluding hydrogens is 606 g/mol. The summed E-state index contributed by atoms with van der Waals surface area (Å²) in [6, 6.07) is -0.0720. The highest BCUT2D eigenvalue weighted by molar-refractivity contribution is 5.90. The molecule has 0 spiro atoms. The summed E-state index contributed by atoms with van der Waals surface area (Å²) in [7, 11) is 0. The zero-order valence-electron chi connectivity index (χ0n) is 28.9. The Morgan fingerprint density at radius 2 is 1.81 bits per heavy atom. The molecule has 1 aromatic heterocycles. The Morgan fingerprint density at radius 1 is 1.09 bits per heavy atom. The highest BCUT2D eigenvalue weighted by Crippen LogP contribution is 2.15. The topological polar surface area (TPSA) is 172 Å². The van der Waals surface area contributed by atoms with E-state index in [1.54, 1.807) is 60.0 Å². The highest BCUT2D eigenvalue weighted by atomic mass is 16.6. The maximum absolute atomic E-state index is 13.6. The summed E-state index contributed by atoms with van der Waals surface area (Å²) < 4.78 is 18.7. The Morgan fingerprint density at radius 3 is 2.45 bits per heavy atom. The SMILES string of the molecule is CC(C)[C@H]1COCCCC[N+]2=C[C@H](C[C@@H](NC(=O)NC(Cc3ccc(NC(=O)OC(C)(C)C)nc3)C(=O)OC(C)(C)C)C(=O)N1)N=C2. The maximum atomic E-state index is 13.6. The molecule has 3 heterocycles. The van der Waals surface area contributed by atoms with Gasteiger partial charge in [-0.25, -0.2) is 23.9 Å². The van der Waals surface area contributed by atoms with Gasteiger partial charge >= 0.3 is 18.1 Å². The number of fused-ring (bicyclic) bond motifs is 1. The largest absolute Gasteiger partial charge is 0.458 e. The number of carbonyl (C=O) groups excluding carboxylic acids is 4. The Hall–Kier alpha value is -4.07. The number of nitrogens with zero attached hydrogens (tertiary/aromatic N) is 3. The van der Waals surface area contributed by atoms with Crippen molar-refractivity contribution in [2.75, 3.05) is 25.1 Å². The number of nitrogens with one attached hydrogen (secondary N) is 4. The summed E-state index contributed by atoms with van der Waals surface area (Å²) in [5.74, 6) is -0.658. The Balaban J connectivity index is 1.76. The second-order valence-corrected chi connectivity index (χ2v) is 14.2. The molecule has 47 heavy (non-hydrogen) atoms. The Kier molecular flexibility index (Phi) is 13.3. The van der Waals surface area contributed by atoms with Crippen molar-refractivity contribution >= 4 is 42.4 Å². The number of rotatable bonds is 7. The lowest BCUT2D eigenvalue weighted by molar-refractivity contribution is -0.391. The Labute approximate surface area is 277 Å². The minimum atomic E-state index is -1.11. The number of anilines is 1. The maximum Gasteiger partial charge on any atom is 0.413 e. The fraction of sp³-hybridized carbons (Fsp3) is 0.667. The lowest BCUT2D eigenvalue weighted by Gasteiger charge is -2.27. The molecule has 3 rings (SSSR count). The third kappa shape index (κ3) is 13.7. The van der Waals surface area contributed by atoms with E-state index in [0.717, 1.165) is 19.4 Å². The van der Waals surface area contributed by atoms with Gasteiger partial charge in [0.05, 0.1) is 19.2 Å². The van der Waals surface area contributed by atoms with Crippen LogP contribution in [0.5, 0.6) is 0 Å². The number of ether oxygens (including phenoxy) is 3. The number of aliphatic imine (C=N–C) groups is 1. The first-order chi connectivity index (χ1) is 22.0. The van der Waals surface area contributed by atoms with E-state index >= 15 is 0 Å². The van der Waals surface area contributed by atoms with Gasteiger partial charge in [0, 0.05) is 25.6 Å². The lowest BCUT2D eigenvalue weighted by Crippen LogP contribution is -2.57. The van der Waals surface area contributed by atoms with Gasteiger partial charge in [-0.2, -0.15) is 0 Å². The van der Waals surface area contributed by atoms with Crippen LogP contribution < -0.4 is 21.3 Å². The van der Waals surface area contributed by atoms with Crippen molar-refractivity contribution in [1.29, 1.82) is 0 Å². The molecule has 14 nitrogen and oxygen atoms in total. The van der Waals surface area contributed by atoms with Crippen LogP contribution in [0.25, 0.3) is 0 Å². The fourth-order valence-electron chi connectivity index (χ4n) is 4.78. The second-order valence-electron chi connectivity index (χ2n) is 14.2. The molecule has 0 aliphatic carbocycles. The zero-order valence-corrected chi connectivity index (χ0v) is 28.9. The van der Waals surface area contributed by atoms with Crippen LogP contribution in [0, 0.1) is 5.92 Å². The molecule has 0 saturated carbocycles. The van der Waals surface area contributed by atoms with Crippen LogP contribution in [0.2, 0.25) is 0 Å². The number of carbonyl (C=O) groups is 4. The van der Waals surface area contributed by atoms with Crippen molar-refractivity contribution in [1.82, 2.24) is 20.9 Å². The van der Waals surface area contributed by atoms with Gasteiger partial charge in [-0.3, -0.25) is 10.1 Å². The van der Waals surface area contributed by atoms with E-state index in [2.05, 4.69) is 31.2 Å². The molecule has 0 radical (unpaired) electrons.